The maximum atomic E-state index is 15.9. The highest BCUT2D eigenvalue weighted by Gasteiger charge is 2.46. The van der Waals surface area contributed by atoms with Crippen molar-refractivity contribution in [3.63, 3.8) is 0 Å². The summed E-state index contributed by atoms with van der Waals surface area (Å²) >= 11 is 0.907. The van der Waals surface area contributed by atoms with E-state index in [0.717, 1.165) is 47.0 Å². The lowest BCUT2D eigenvalue weighted by Crippen LogP contribution is -2.67. The van der Waals surface area contributed by atoms with Crippen LogP contribution in [0, 0.1) is 0 Å². The Morgan fingerprint density at radius 2 is 1.24 bits per heavy atom. The molecule has 2 aliphatic heterocycles. The highest BCUT2D eigenvalue weighted by molar-refractivity contribution is 7.99. The largest absolute Gasteiger partial charge is 0.492 e. The first-order chi connectivity index (χ1) is 64.0. The molecule has 0 radical (unpaired) electrons. The number of aromatic amines is 1. The Hall–Kier alpha value is -14.3. The van der Waals surface area contributed by atoms with Crippen molar-refractivity contribution in [2.24, 2.45) is 28.7 Å². The third-order valence-electron chi connectivity index (χ3n) is 22.5. The number of H-pyrrole nitrogens is 1. The average Bonchev–Trinajstić information content (AvgIpc) is 1.70. The monoisotopic (exact) mass is 1870 g/mol. The van der Waals surface area contributed by atoms with Gasteiger partial charge in [-0.1, -0.05) is 109 Å². The van der Waals surface area contributed by atoms with Crippen LogP contribution in [0.15, 0.2) is 146 Å². The van der Waals surface area contributed by atoms with Gasteiger partial charge in [0, 0.05) is 133 Å². The number of fused-ring (bicyclic) bond motifs is 2. The zero-order valence-corrected chi connectivity index (χ0v) is 74.9. The fraction of sp³-hybridized carbons (Fsp3) is 0.418. The summed E-state index contributed by atoms with van der Waals surface area (Å²) in [6, 6.07) is 15.7. The zero-order chi connectivity index (χ0) is 97.3. The number of nitrogens with zero attached hydrogens (tertiary/aromatic N) is 2. The number of para-hydroxylation sites is 1. The number of carbonyl (C=O) groups excluding carboxylic acids is 17. The van der Waals surface area contributed by atoms with Gasteiger partial charge in [0.15, 0.2) is 0 Å². The Balaban J connectivity index is 1.08. The standard InChI is InChI=1S/C91H114N20O22S/c1-50(113)77-88(129)105-69(43-58-47-98-78-61(16-9-17-62(58)78)56-13-5-4-6-14-56)84(125)101-63(24-27-73(94)115)79(120)107-72(49-134-38-30-66(99-51(2)114)81(122)100-64(82(123)109-77)25-28-74(95)116)86(127)102-67(40-52-19-22-60(23-20-52)133-37-33-92)83(124)103-68(41-53-18-21-55-12-7-8-15-57(55)39-53)87(128)110-91(31-35-132-36-32-91)90(131)108-65(26-29-76(118)119)80(121)104-70(44-75(96)117)85(126)106-71(42-54-11-10-34-97-46-54)89(130)111(3)59(45-93)48-112/h4-23,34,39,46-48,50,59,63-72,77,98,113H,24-33,35-38,40-45,49,92-93H2,1-3H3,(H2,94,115)(H2,95,116)(H2,96,117)(H,99,114)(H,100,122)(H,101,125)(H,102,127)(H,103,124)(H,104,121)(H,105,129)(H,106,126)(H,107,120)(H,108,131)(H,109,123)(H,110,128)(H,118,119)/t50-,59?,63+,64+,65+,66+,67+,68+,69+,70+,71+,72+,77+/m1/s1. The summed E-state index contributed by atoms with van der Waals surface area (Å²) in [7, 11) is 1.26. The number of primary amides is 3. The van der Waals surface area contributed by atoms with Gasteiger partial charge in [-0.05, 0) is 95.1 Å². The van der Waals surface area contributed by atoms with Crippen molar-refractivity contribution in [2.45, 2.75) is 188 Å². The van der Waals surface area contributed by atoms with Gasteiger partial charge in [0.1, 0.15) is 90.6 Å². The lowest BCUT2D eigenvalue weighted by molar-refractivity contribution is -0.142. The molecule has 16 amide bonds. The molecule has 2 aromatic heterocycles. The van der Waals surface area contributed by atoms with Crippen LogP contribution in [0.5, 0.6) is 5.75 Å². The molecular weight excluding hydrogens is 1760 g/mol. The van der Waals surface area contributed by atoms with Crippen LogP contribution in [0.3, 0.4) is 0 Å². The molecule has 0 bridgehead atoms. The molecule has 0 spiro atoms. The SMILES string of the molecule is CC(=O)N[C@H]1CCSC[C@@H](C(=O)N[C@@H](Cc2ccc(OCCN)cc2)C(=O)N[C@@H](Cc2ccc3ccccc3c2)C(=O)NC2(C(=O)N[C@@H](CCC(=O)O)C(=O)N[C@@H](CC(N)=O)C(=O)N[C@@H](Cc3cccnc3)C(=O)N(C)C(C=O)CN)CCOCC2)NC(=O)[C@H](CCC(N)=O)NC(=O)[C@H](Cc2c[nH]c3c(-c4ccccc4)cccc23)NC(=O)[C@H]([C@@H](C)O)NC(=O)[C@H](CCC(N)=O)NC1=O. The minimum absolute atomic E-state index is 0.0952. The van der Waals surface area contributed by atoms with Crippen LogP contribution in [0.2, 0.25) is 0 Å². The molecule has 9 rings (SSSR count). The molecule has 13 atom stereocenters. The number of thioether (sulfide) groups is 1. The van der Waals surface area contributed by atoms with Gasteiger partial charge < -0.3 is 127 Å². The van der Waals surface area contributed by atoms with E-state index in [-0.39, 0.29) is 77.2 Å². The predicted octanol–water partition coefficient (Wildman–Crippen LogP) is -3.22. The number of hydrogen-bond acceptors (Lipinski definition) is 25. The summed E-state index contributed by atoms with van der Waals surface area (Å²) in [6.45, 7) is 1.68. The molecule has 0 aliphatic carbocycles. The van der Waals surface area contributed by atoms with Gasteiger partial charge >= 0.3 is 5.97 Å². The minimum atomic E-state index is -2.10. The first-order valence-electron chi connectivity index (χ1n) is 43.4. The first kappa shape index (κ1) is 103. The summed E-state index contributed by atoms with van der Waals surface area (Å²) in [5, 5.41) is 54.4. The molecule has 43 heteroatoms. The highest BCUT2D eigenvalue weighted by Crippen LogP contribution is 2.32. The Bertz CT molecular complexity index is 5380. The van der Waals surface area contributed by atoms with E-state index in [1.165, 1.54) is 19.4 Å². The summed E-state index contributed by atoms with van der Waals surface area (Å²) in [5.41, 5.74) is 30.1. The Morgan fingerprint density at radius 3 is 1.87 bits per heavy atom. The van der Waals surface area contributed by atoms with Gasteiger partial charge in [-0.15, -0.1) is 0 Å². The van der Waals surface area contributed by atoms with Gasteiger partial charge in [-0.25, -0.2) is 0 Å². The van der Waals surface area contributed by atoms with E-state index in [1.807, 2.05) is 42.5 Å². The number of amides is 16. The van der Waals surface area contributed by atoms with Crippen molar-refractivity contribution >= 4 is 140 Å². The molecule has 42 nitrogen and oxygen atoms in total. The lowest BCUT2D eigenvalue weighted by Gasteiger charge is -2.38. The van der Waals surface area contributed by atoms with Crippen LogP contribution in [-0.2, 0) is 117 Å². The van der Waals surface area contributed by atoms with Crippen LogP contribution >= 0.6 is 11.8 Å². The van der Waals surface area contributed by atoms with Crippen LogP contribution in [0.1, 0.15) is 100 Å². The Labute approximate surface area is 774 Å². The average molecular weight is 1870 g/mol. The number of aldehydes is 1. The smallest absolute Gasteiger partial charge is 0.303 e. The first-order valence-corrected chi connectivity index (χ1v) is 44.6. The fourth-order valence-corrected chi connectivity index (χ4v) is 16.3. The molecule has 2 fully saturated rings. The molecule has 2 saturated heterocycles. The number of aliphatic hydroxyl groups excluding tert-OH is 1. The van der Waals surface area contributed by atoms with Crippen molar-refractivity contribution in [1.82, 2.24) is 78.7 Å². The third-order valence-corrected chi connectivity index (χ3v) is 23.6. The maximum Gasteiger partial charge on any atom is 0.303 e. The summed E-state index contributed by atoms with van der Waals surface area (Å²) in [5.74, 6) is -18.7. The number of carbonyl (C=O) groups is 18. The van der Waals surface area contributed by atoms with Crippen LogP contribution < -0.4 is 97.2 Å². The van der Waals surface area contributed by atoms with Crippen molar-refractivity contribution in [1.29, 1.82) is 0 Å². The number of pyridine rings is 1. The number of benzene rings is 5. The van der Waals surface area contributed by atoms with Crippen LogP contribution in [-0.4, -0.2) is 267 Å². The van der Waals surface area contributed by atoms with Gasteiger partial charge in [-0.3, -0.25) is 86.5 Å². The normalized spacial score (nSPS) is 19.0. The minimum Gasteiger partial charge on any atom is -0.492 e. The van der Waals surface area contributed by atoms with E-state index in [2.05, 4.69) is 73.8 Å². The lowest BCUT2D eigenvalue weighted by atomic mass is 9.87. The molecule has 7 aromatic rings. The number of nitrogens with one attached hydrogen (secondary N) is 13. The number of carboxylic acid groups (broad SMARTS) is 1. The van der Waals surface area contributed by atoms with E-state index >= 15 is 28.8 Å². The van der Waals surface area contributed by atoms with E-state index in [1.54, 1.807) is 91.1 Å². The fourth-order valence-electron chi connectivity index (χ4n) is 15.2. The predicted molar refractivity (Wildman–Crippen MR) is 488 cm³/mol. The van der Waals surface area contributed by atoms with Gasteiger partial charge in [-0.2, -0.15) is 11.8 Å². The number of carboxylic acids is 1. The van der Waals surface area contributed by atoms with E-state index in [0.29, 0.717) is 50.6 Å². The van der Waals surface area contributed by atoms with Gasteiger partial charge in [0.05, 0.1) is 24.1 Å². The Kier molecular flexibility index (Phi) is 38.9. The van der Waals surface area contributed by atoms with E-state index < -0.39 is 242 Å². The number of aromatic nitrogens is 2. The van der Waals surface area contributed by atoms with Crippen molar-refractivity contribution in [3.05, 3.63) is 168 Å². The van der Waals surface area contributed by atoms with Crippen LogP contribution in [0.4, 0.5) is 0 Å². The molecule has 134 heavy (non-hydrogen) atoms. The molecule has 2 aliphatic rings. The van der Waals surface area contributed by atoms with Gasteiger partial charge in [0.2, 0.25) is 94.5 Å². The second kappa shape index (κ2) is 50.4. The molecule has 1 unspecified atom stereocenters. The van der Waals surface area contributed by atoms with E-state index in [9.17, 15) is 67.7 Å². The summed E-state index contributed by atoms with van der Waals surface area (Å²) in [4.78, 5) is 264. The van der Waals surface area contributed by atoms with Crippen molar-refractivity contribution in [2.75, 3.05) is 51.5 Å². The van der Waals surface area contributed by atoms with Crippen LogP contribution in [0.25, 0.3) is 32.8 Å². The zero-order valence-electron chi connectivity index (χ0n) is 74.0. The quantitative estimate of drug-likeness (QED) is 0.0168. The molecule has 0 saturated carbocycles. The second-order valence-electron chi connectivity index (χ2n) is 32.6. The molecule has 5 aromatic carbocycles. The summed E-state index contributed by atoms with van der Waals surface area (Å²) < 4.78 is 11.5. The Morgan fingerprint density at radius 1 is 0.634 bits per heavy atom. The number of ether oxygens (including phenoxy) is 2. The topological polar surface area (TPSA) is 673 Å². The summed E-state index contributed by atoms with van der Waals surface area (Å²) in [6.07, 6.45) is -3.90. The van der Waals surface area contributed by atoms with Crippen molar-refractivity contribution in [3.8, 4) is 16.9 Å². The van der Waals surface area contributed by atoms with Crippen molar-refractivity contribution < 1.29 is 106 Å². The molecular formula is C91H114N20O22S. The highest BCUT2D eigenvalue weighted by atomic mass is 32.2. The molecule has 4 heterocycles. The number of aliphatic hydroxyl groups is 1. The maximum absolute atomic E-state index is 15.9. The molecule has 25 N–H and O–H groups in total. The third kappa shape index (κ3) is 30.4. The number of rotatable bonds is 41. The number of hydrogen-bond donors (Lipinski definition) is 20. The second-order valence-corrected chi connectivity index (χ2v) is 33.7. The van der Waals surface area contributed by atoms with E-state index in [4.69, 9.17) is 38.1 Å². The number of likely N-dealkylation sites (N-methyl/N-ethyl adjacent to an activating group) is 1. The van der Waals surface area contributed by atoms with Gasteiger partial charge in [0.25, 0.3) is 0 Å². The number of aliphatic carboxylic acids is 1. The molecule has 716 valence electrons. The number of nitrogens with two attached hydrogens (primary N) is 5.